The third kappa shape index (κ3) is 6.99. The number of nitrogens with zero attached hydrogens (tertiary/aromatic N) is 4. The van der Waals surface area contributed by atoms with E-state index in [-0.39, 0.29) is 17.7 Å². The summed E-state index contributed by atoms with van der Waals surface area (Å²) >= 11 is 0. The molecule has 0 spiro atoms. The van der Waals surface area contributed by atoms with Crippen molar-refractivity contribution in [1.29, 1.82) is 10.5 Å². The van der Waals surface area contributed by atoms with Crippen molar-refractivity contribution in [2.75, 3.05) is 19.6 Å². The molecule has 10 nitrogen and oxygen atoms in total. The number of nitriles is 2. The fourth-order valence-corrected chi connectivity index (χ4v) is 4.14. The molecule has 2 N–H and O–H groups in total. The number of amides is 2. The second-order valence-corrected chi connectivity index (χ2v) is 8.76. The number of benzene rings is 2. The van der Waals surface area contributed by atoms with Gasteiger partial charge in [0.05, 0.1) is 28.8 Å². The van der Waals surface area contributed by atoms with Crippen LogP contribution < -0.4 is 14.8 Å². The maximum atomic E-state index is 13.4. The molecule has 0 saturated carbocycles. The molecule has 0 atom stereocenters. The average molecular weight is 512 g/mol. The maximum Gasteiger partial charge on any atom is 0.404 e. The lowest BCUT2D eigenvalue weighted by molar-refractivity contribution is 0.0686. The topological polar surface area (TPSA) is 149 Å². The van der Waals surface area contributed by atoms with Crippen LogP contribution in [-0.4, -0.2) is 46.6 Å². The molecule has 2 amide bonds. The molecule has 1 aliphatic heterocycles. The first-order valence-corrected chi connectivity index (χ1v) is 12.1. The SMILES string of the molecule is N#Cc1ccc(Oc2cc(C(=O)N3CCC(CCNC(=O)O)CC3)cc(Oc3ccc(C#N)cc3)n2)cc1. The number of carboxylic acid groups (broad SMARTS) is 1. The van der Waals surface area contributed by atoms with Crippen LogP contribution in [0.15, 0.2) is 60.7 Å². The van der Waals surface area contributed by atoms with Crippen molar-refractivity contribution < 1.29 is 24.2 Å². The lowest BCUT2D eigenvalue weighted by Crippen LogP contribution is -2.39. The summed E-state index contributed by atoms with van der Waals surface area (Å²) < 4.78 is 11.8. The Kier molecular flexibility index (Phi) is 8.37. The van der Waals surface area contributed by atoms with Gasteiger partial charge in [0.15, 0.2) is 0 Å². The van der Waals surface area contributed by atoms with Gasteiger partial charge in [-0.3, -0.25) is 4.79 Å². The predicted molar refractivity (Wildman–Crippen MR) is 136 cm³/mol. The largest absolute Gasteiger partial charge is 0.465 e. The Labute approximate surface area is 219 Å². The van der Waals surface area contributed by atoms with Gasteiger partial charge in [-0.2, -0.15) is 15.5 Å². The van der Waals surface area contributed by atoms with E-state index in [1.807, 2.05) is 0 Å². The molecule has 2 aromatic carbocycles. The summed E-state index contributed by atoms with van der Waals surface area (Å²) in [5.74, 6) is 1.35. The summed E-state index contributed by atoms with van der Waals surface area (Å²) in [5.41, 5.74) is 1.32. The van der Waals surface area contributed by atoms with Crippen LogP contribution in [0.3, 0.4) is 0 Å². The first-order valence-electron chi connectivity index (χ1n) is 12.1. The maximum absolute atomic E-state index is 13.4. The predicted octanol–water partition coefficient (Wildman–Crippen LogP) is 4.92. The monoisotopic (exact) mass is 511 g/mol. The van der Waals surface area contributed by atoms with E-state index in [0.29, 0.717) is 53.7 Å². The molecule has 0 unspecified atom stereocenters. The minimum atomic E-state index is -1.03. The molecule has 1 saturated heterocycles. The number of nitrogens with one attached hydrogen (secondary N) is 1. The van der Waals surface area contributed by atoms with Gasteiger partial charge in [0.25, 0.3) is 5.91 Å². The fraction of sp³-hybridized carbons (Fsp3) is 0.250. The number of piperidine rings is 1. The van der Waals surface area contributed by atoms with E-state index in [1.165, 1.54) is 0 Å². The van der Waals surface area contributed by atoms with Gasteiger partial charge in [0.2, 0.25) is 11.8 Å². The van der Waals surface area contributed by atoms with Crippen molar-refractivity contribution in [3.63, 3.8) is 0 Å². The number of pyridine rings is 1. The molecular weight excluding hydrogens is 486 g/mol. The Hall–Kier alpha value is -5.09. The minimum absolute atomic E-state index is 0.152. The highest BCUT2D eigenvalue weighted by Gasteiger charge is 2.25. The lowest BCUT2D eigenvalue weighted by atomic mass is 9.93. The molecule has 1 fully saturated rings. The number of carbonyl (C=O) groups is 2. The van der Waals surface area contributed by atoms with Crippen molar-refractivity contribution in [2.45, 2.75) is 19.3 Å². The van der Waals surface area contributed by atoms with Crippen LogP contribution in [-0.2, 0) is 0 Å². The highest BCUT2D eigenvalue weighted by Crippen LogP contribution is 2.29. The van der Waals surface area contributed by atoms with E-state index in [9.17, 15) is 9.59 Å². The zero-order valence-electron chi connectivity index (χ0n) is 20.5. The number of rotatable bonds is 8. The second kappa shape index (κ2) is 12.2. The molecule has 38 heavy (non-hydrogen) atoms. The Balaban J connectivity index is 1.52. The average Bonchev–Trinajstić information content (AvgIpc) is 2.93. The Morgan fingerprint density at radius 3 is 1.87 bits per heavy atom. The van der Waals surface area contributed by atoms with Crippen molar-refractivity contribution in [1.82, 2.24) is 15.2 Å². The van der Waals surface area contributed by atoms with E-state index >= 15 is 0 Å². The molecule has 1 aliphatic rings. The summed E-state index contributed by atoms with van der Waals surface area (Å²) in [6.07, 6.45) is 1.26. The first-order chi connectivity index (χ1) is 18.4. The van der Waals surface area contributed by atoms with Crippen molar-refractivity contribution >= 4 is 12.0 Å². The molecule has 192 valence electrons. The minimum Gasteiger partial charge on any atom is -0.465 e. The highest BCUT2D eigenvalue weighted by molar-refractivity contribution is 5.95. The van der Waals surface area contributed by atoms with Crippen molar-refractivity contribution in [3.05, 3.63) is 77.4 Å². The van der Waals surface area contributed by atoms with E-state index in [1.54, 1.807) is 65.6 Å². The molecule has 0 aliphatic carbocycles. The molecule has 3 aromatic rings. The van der Waals surface area contributed by atoms with Gasteiger partial charge in [-0.05, 0) is 73.7 Å². The van der Waals surface area contributed by atoms with Gasteiger partial charge in [-0.25, -0.2) is 4.79 Å². The van der Waals surface area contributed by atoms with Gasteiger partial charge in [0.1, 0.15) is 11.5 Å². The summed E-state index contributed by atoms with van der Waals surface area (Å²) in [6, 6.07) is 20.2. The van der Waals surface area contributed by atoms with Crippen LogP contribution in [0.1, 0.15) is 40.7 Å². The van der Waals surface area contributed by atoms with Crippen LogP contribution >= 0.6 is 0 Å². The molecule has 10 heteroatoms. The number of aromatic nitrogens is 1. The van der Waals surface area contributed by atoms with E-state index in [0.717, 1.165) is 19.3 Å². The summed E-state index contributed by atoms with van der Waals surface area (Å²) in [4.78, 5) is 30.2. The van der Waals surface area contributed by atoms with Crippen LogP contribution in [0.25, 0.3) is 0 Å². The van der Waals surface area contributed by atoms with Crippen molar-refractivity contribution in [3.8, 4) is 35.4 Å². The second-order valence-electron chi connectivity index (χ2n) is 8.76. The molecule has 4 rings (SSSR count). The standard InChI is InChI=1S/C28H25N5O5/c29-17-20-1-5-23(6-2-20)37-25-15-22(16-26(32-25)38-24-7-3-21(18-30)4-8-24)27(34)33-13-10-19(11-14-33)9-12-31-28(35)36/h1-8,15-16,19,31H,9-14H2,(H,35,36). The zero-order chi connectivity index (χ0) is 26.9. The zero-order valence-corrected chi connectivity index (χ0v) is 20.5. The quantitative estimate of drug-likeness (QED) is 0.433. The number of likely N-dealkylation sites (tertiary alicyclic amines) is 1. The van der Waals surface area contributed by atoms with Crippen LogP contribution in [0.5, 0.6) is 23.3 Å². The molecule has 0 radical (unpaired) electrons. The van der Waals surface area contributed by atoms with Gasteiger partial charge < -0.3 is 24.8 Å². The third-order valence-electron chi connectivity index (χ3n) is 6.17. The third-order valence-corrected chi connectivity index (χ3v) is 6.17. The van der Waals surface area contributed by atoms with Gasteiger partial charge >= 0.3 is 6.09 Å². The molecule has 2 heterocycles. The van der Waals surface area contributed by atoms with E-state index < -0.39 is 6.09 Å². The van der Waals surface area contributed by atoms with Gasteiger partial charge in [-0.15, -0.1) is 0 Å². The Morgan fingerprint density at radius 2 is 1.42 bits per heavy atom. The summed E-state index contributed by atoms with van der Waals surface area (Å²) in [6.45, 7) is 1.50. The highest BCUT2D eigenvalue weighted by atomic mass is 16.5. The number of hydrogen-bond donors (Lipinski definition) is 2. The fourth-order valence-electron chi connectivity index (χ4n) is 4.14. The smallest absolute Gasteiger partial charge is 0.404 e. The van der Waals surface area contributed by atoms with E-state index in [4.69, 9.17) is 25.1 Å². The van der Waals surface area contributed by atoms with E-state index in [2.05, 4.69) is 22.4 Å². The number of carbonyl (C=O) groups excluding carboxylic acids is 1. The Morgan fingerprint density at radius 1 is 0.921 bits per heavy atom. The summed E-state index contributed by atoms with van der Waals surface area (Å²) in [5, 5.41) is 29.2. The molecule has 0 bridgehead atoms. The summed E-state index contributed by atoms with van der Waals surface area (Å²) in [7, 11) is 0. The van der Waals surface area contributed by atoms with Crippen molar-refractivity contribution in [2.24, 2.45) is 5.92 Å². The molecule has 1 aromatic heterocycles. The Bertz CT molecular complexity index is 1290. The van der Waals surface area contributed by atoms with Gasteiger partial charge in [-0.1, -0.05) is 0 Å². The molecular formula is C28H25N5O5. The van der Waals surface area contributed by atoms with Gasteiger partial charge in [0, 0.05) is 31.8 Å². The van der Waals surface area contributed by atoms with Crippen LogP contribution in [0.2, 0.25) is 0 Å². The number of hydrogen-bond acceptors (Lipinski definition) is 7. The number of ether oxygens (including phenoxy) is 2. The van der Waals surface area contributed by atoms with Crippen LogP contribution in [0, 0.1) is 28.6 Å². The normalized spacial score (nSPS) is 13.2. The van der Waals surface area contributed by atoms with Crippen LogP contribution in [0.4, 0.5) is 4.79 Å². The first kappa shape index (κ1) is 26.0. The lowest BCUT2D eigenvalue weighted by Gasteiger charge is -2.32.